The van der Waals surface area contributed by atoms with Gasteiger partial charge in [0.05, 0.1) is 6.61 Å². The second-order valence-corrected chi connectivity index (χ2v) is 5.28. The molecule has 1 aromatic heterocycles. The van der Waals surface area contributed by atoms with Crippen molar-refractivity contribution in [3.63, 3.8) is 0 Å². The Labute approximate surface area is 115 Å². The van der Waals surface area contributed by atoms with E-state index in [0.717, 1.165) is 25.1 Å². The lowest BCUT2D eigenvalue weighted by molar-refractivity contribution is 0.324. The van der Waals surface area contributed by atoms with Gasteiger partial charge in [-0.05, 0) is 39.0 Å². The predicted molar refractivity (Wildman–Crippen MR) is 76.4 cm³/mol. The minimum absolute atomic E-state index is 0.359. The molecule has 0 spiro atoms. The van der Waals surface area contributed by atoms with Crippen LogP contribution in [0.25, 0.3) is 0 Å². The molecular weight excluding hydrogens is 240 g/mol. The van der Waals surface area contributed by atoms with Crippen molar-refractivity contribution in [2.45, 2.75) is 45.6 Å². The van der Waals surface area contributed by atoms with Crippen LogP contribution in [0, 0.1) is 12.8 Å². The summed E-state index contributed by atoms with van der Waals surface area (Å²) in [6.07, 6.45) is 4.72. The van der Waals surface area contributed by atoms with Gasteiger partial charge in [-0.25, -0.2) is 4.98 Å². The van der Waals surface area contributed by atoms with E-state index in [1.54, 1.807) is 0 Å². The molecule has 2 unspecified atom stereocenters. The average molecular weight is 264 g/mol. The van der Waals surface area contributed by atoms with Crippen LogP contribution in [0.1, 0.15) is 38.3 Å². The normalized spacial score (nSPS) is 23.1. The lowest BCUT2D eigenvalue weighted by Crippen LogP contribution is -2.31. The molecule has 1 aliphatic rings. The van der Waals surface area contributed by atoms with E-state index in [1.807, 2.05) is 19.9 Å². The topological polar surface area (TPSA) is 73.1 Å². The molecule has 1 fully saturated rings. The lowest BCUT2D eigenvalue weighted by Gasteiger charge is -2.26. The maximum atomic E-state index is 6.00. The Hall–Kier alpha value is -1.36. The summed E-state index contributed by atoms with van der Waals surface area (Å²) in [5.41, 5.74) is 6.92. The predicted octanol–water partition coefficient (Wildman–Crippen LogP) is 2.11. The Morgan fingerprint density at radius 3 is 3.00 bits per heavy atom. The smallest absolute Gasteiger partial charge is 0.226 e. The SMILES string of the molecule is CCOc1cc(C)nc(NCC2CCCC(N)C2)n1. The third-order valence-electron chi connectivity index (χ3n) is 3.50. The first-order chi connectivity index (χ1) is 9.17. The van der Waals surface area contributed by atoms with Crippen molar-refractivity contribution < 1.29 is 4.74 Å². The minimum Gasteiger partial charge on any atom is -0.478 e. The van der Waals surface area contributed by atoms with E-state index < -0.39 is 0 Å². The van der Waals surface area contributed by atoms with Crippen molar-refractivity contribution in [2.24, 2.45) is 11.7 Å². The molecule has 3 N–H and O–H groups in total. The van der Waals surface area contributed by atoms with Gasteiger partial charge in [0.2, 0.25) is 11.8 Å². The van der Waals surface area contributed by atoms with Gasteiger partial charge in [-0.2, -0.15) is 4.98 Å². The fourth-order valence-corrected chi connectivity index (χ4v) is 2.59. The van der Waals surface area contributed by atoms with Crippen molar-refractivity contribution in [2.75, 3.05) is 18.5 Å². The molecule has 0 aromatic carbocycles. The summed E-state index contributed by atoms with van der Waals surface area (Å²) >= 11 is 0. The summed E-state index contributed by atoms with van der Waals surface area (Å²) in [7, 11) is 0. The highest BCUT2D eigenvalue weighted by molar-refractivity contribution is 5.30. The summed E-state index contributed by atoms with van der Waals surface area (Å²) in [6, 6.07) is 2.21. The fraction of sp³-hybridized carbons (Fsp3) is 0.714. The first kappa shape index (κ1) is 14.1. The monoisotopic (exact) mass is 264 g/mol. The van der Waals surface area contributed by atoms with Crippen molar-refractivity contribution in [3.05, 3.63) is 11.8 Å². The van der Waals surface area contributed by atoms with Gasteiger partial charge in [-0.3, -0.25) is 0 Å². The highest BCUT2D eigenvalue weighted by Crippen LogP contribution is 2.23. The van der Waals surface area contributed by atoms with E-state index >= 15 is 0 Å². The molecule has 1 aromatic rings. The fourth-order valence-electron chi connectivity index (χ4n) is 2.59. The van der Waals surface area contributed by atoms with Crippen LogP contribution in [-0.2, 0) is 0 Å². The number of ether oxygens (including phenoxy) is 1. The third-order valence-corrected chi connectivity index (χ3v) is 3.50. The van der Waals surface area contributed by atoms with Gasteiger partial charge in [-0.15, -0.1) is 0 Å². The second-order valence-electron chi connectivity index (χ2n) is 5.28. The van der Waals surface area contributed by atoms with Crippen LogP contribution in [0.3, 0.4) is 0 Å². The molecule has 5 nitrogen and oxygen atoms in total. The van der Waals surface area contributed by atoms with Gasteiger partial charge in [0, 0.05) is 24.3 Å². The first-order valence-corrected chi connectivity index (χ1v) is 7.15. The summed E-state index contributed by atoms with van der Waals surface area (Å²) in [4.78, 5) is 8.74. The highest BCUT2D eigenvalue weighted by Gasteiger charge is 2.19. The Morgan fingerprint density at radius 1 is 1.42 bits per heavy atom. The number of hydrogen-bond donors (Lipinski definition) is 2. The third kappa shape index (κ3) is 4.35. The van der Waals surface area contributed by atoms with E-state index in [4.69, 9.17) is 10.5 Å². The number of aromatic nitrogens is 2. The van der Waals surface area contributed by atoms with Crippen LogP contribution in [-0.4, -0.2) is 29.2 Å². The number of nitrogens with two attached hydrogens (primary N) is 1. The van der Waals surface area contributed by atoms with E-state index in [9.17, 15) is 0 Å². The van der Waals surface area contributed by atoms with Crippen LogP contribution in [0.2, 0.25) is 0 Å². The van der Waals surface area contributed by atoms with Crippen LogP contribution in [0.5, 0.6) is 5.88 Å². The van der Waals surface area contributed by atoms with Gasteiger partial charge in [0.25, 0.3) is 0 Å². The van der Waals surface area contributed by atoms with E-state index in [-0.39, 0.29) is 0 Å². The minimum atomic E-state index is 0.359. The van der Waals surface area contributed by atoms with E-state index in [0.29, 0.717) is 30.4 Å². The van der Waals surface area contributed by atoms with Crippen molar-refractivity contribution in [1.29, 1.82) is 0 Å². The molecular formula is C14H24N4O. The molecule has 2 rings (SSSR count). The Bertz CT molecular complexity index is 410. The standard InChI is InChI=1S/C14H24N4O/c1-3-19-13-7-10(2)17-14(18-13)16-9-11-5-4-6-12(15)8-11/h7,11-12H,3-6,8-9,15H2,1-2H3,(H,16,17,18). The zero-order valence-electron chi connectivity index (χ0n) is 11.9. The summed E-state index contributed by atoms with van der Waals surface area (Å²) in [6.45, 7) is 5.41. The van der Waals surface area contributed by atoms with Crippen molar-refractivity contribution in [3.8, 4) is 5.88 Å². The number of nitrogens with zero attached hydrogens (tertiary/aromatic N) is 2. The van der Waals surface area contributed by atoms with Crippen LogP contribution in [0.4, 0.5) is 5.95 Å². The highest BCUT2D eigenvalue weighted by atomic mass is 16.5. The van der Waals surface area contributed by atoms with Gasteiger partial charge in [0.1, 0.15) is 0 Å². The Kier molecular flexibility index (Phi) is 4.96. The molecule has 5 heteroatoms. The molecule has 1 aliphatic carbocycles. The van der Waals surface area contributed by atoms with Gasteiger partial charge >= 0.3 is 0 Å². The molecule has 0 radical (unpaired) electrons. The lowest BCUT2D eigenvalue weighted by atomic mass is 9.86. The molecule has 0 amide bonds. The quantitative estimate of drug-likeness (QED) is 0.852. The molecule has 106 valence electrons. The first-order valence-electron chi connectivity index (χ1n) is 7.15. The molecule has 0 bridgehead atoms. The van der Waals surface area contributed by atoms with Gasteiger partial charge < -0.3 is 15.8 Å². The molecule has 0 aliphatic heterocycles. The van der Waals surface area contributed by atoms with Crippen LogP contribution >= 0.6 is 0 Å². The summed E-state index contributed by atoms with van der Waals surface area (Å²) in [5, 5.41) is 3.32. The molecule has 2 atom stereocenters. The zero-order chi connectivity index (χ0) is 13.7. The summed E-state index contributed by atoms with van der Waals surface area (Å²) < 4.78 is 5.43. The van der Waals surface area contributed by atoms with E-state index in [1.165, 1.54) is 12.8 Å². The number of nitrogens with one attached hydrogen (secondary N) is 1. The van der Waals surface area contributed by atoms with E-state index in [2.05, 4.69) is 15.3 Å². The van der Waals surface area contributed by atoms with Crippen molar-refractivity contribution in [1.82, 2.24) is 9.97 Å². The Morgan fingerprint density at radius 2 is 2.26 bits per heavy atom. The zero-order valence-corrected chi connectivity index (χ0v) is 11.9. The number of aryl methyl sites for hydroxylation is 1. The number of rotatable bonds is 5. The van der Waals surface area contributed by atoms with Crippen molar-refractivity contribution >= 4 is 5.95 Å². The molecule has 19 heavy (non-hydrogen) atoms. The van der Waals surface area contributed by atoms with Gasteiger partial charge in [0.15, 0.2) is 0 Å². The second kappa shape index (κ2) is 6.70. The van der Waals surface area contributed by atoms with Crippen LogP contribution < -0.4 is 15.8 Å². The molecule has 1 saturated carbocycles. The molecule has 0 saturated heterocycles. The maximum Gasteiger partial charge on any atom is 0.226 e. The Balaban J connectivity index is 1.91. The van der Waals surface area contributed by atoms with Gasteiger partial charge in [-0.1, -0.05) is 6.42 Å². The number of hydrogen-bond acceptors (Lipinski definition) is 5. The largest absolute Gasteiger partial charge is 0.478 e. The number of anilines is 1. The maximum absolute atomic E-state index is 6.00. The summed E-state index contributed by atoms with van der Waals surface area (Å²) in [5.74, 6) is 1.92. The molecule has 1 heterocycles. The van der Waals surface area contributed by atoms with Crippen LogP contribution in [0.15, 0.2) is 6.07 Å². The average Bonchev–Trinajstić information content (AvgIpc) is 2.36.